The molecule has 0 bridgehead atoms. The number of sulfone groups is 1. The van der Waals surface area contributed by atoms with Gasteiger partial charge in [-0.05, 0) is 25.5 Å². The highest BCUT2D eigenvalue weighted by atomic mass is 32.2. The Morgan fingerprint density at radius 1 is 0.966 bits per heavy atom. The molecule has 1 fully saturated rings. The van der Waals surface area contributed by atoms with Gasteiger partial charge < -0.3 is 10.1 Å². The minimum atomic E-state index is -3.11. The molecule has 0 aliphatic carbocycles. The Bertz CT molecular complexity index is 1010. The van der Waals surface area contributed by atoms with Gasteiger partial charge in [0, 0.05) is 17.2 Å². The number of hydrogen-bond donors (Lipinski definition) is 1. The van der Waals surface area contributed by atoms with Gasteiger partial charge in [0.25, 0.3) is 5.91 Å². The molecule has 152 valence electrons. The Morgan fingerprint density at radius 3 is 2.14 bits per heavy atom. The van der Waals surface area contributed by atoms with Crippen molar-refractivity contribution in [3.05, 3.63) is 71.3 Å². The molecule has 1 N–H and O–H groups in total. The van der Waals surface area contributed by atoms with Crippen LogP contribution < -0.4 is 5.32 Å². The van der Waals surface area contributed by atoms with E-state index in [0.717, 1.165) is 0 Å². The van der Waals surface area contributed by atoms with E-state index >= 15 is 0 Å². The highest BCUT2D eigenvalue weighted by Gasteiger charge is 2.30. The molecule has 2 aromatic rings. The van der Waals surface area contributed by atoms with Crippen LogP contribution in [0.4, 0.5) is 0 Å². The average molecular weight is 415 g/mol. The van der Waals surface area contributed by atoms with E-state index in [1.165, 1.54) is 31.2 Å². The van der Waals surface area contributed by atoms with Crippen LogP contribution in [0.1, 0.15) is 39.6 Å². The quantitative estimate of drug-likeness (QED) is 0.569. The molecule has 0 radical (unpaired) electrons. The summed E-state index contributed by atoms with van der Waals surface area (Å²) in [5.74, 6) is -1.47. The van der Waals surface area contributed by atoms with Crippen LogP contribution in [0.5, 0.6) is 0 Å². The highest BCUT2D eigenvalue weighted by molar-refractivity contribution is 7.91. The Morgan fingerprint density at radius 2 is 1.55 bits per heavy atom. The summed E-state index contributed by atoms with van der Waals surface area (Å²) in [5.41, 5.74) is 1.18. The van der Waals surface area contributed by atoms with E-state index < -0.39 is 33.9 Å². The fourth-order valence-electron chi connectivity index (χ4n) is 3.02. The zero-order valence-electron chi connectivity index (χ0n) is 15.8. The first-order valence-electron chi connectivity index (χ1n) is 9.17. The molecule has 1 amide bonds. The summed E-state index contributed by atoms with van der Waals surface area (Å²) < 4.78 is 28.1. The molecular formula is C21H21NO6S. The van der Waals surface area contributed by atoms with Crippen LogP contribution in [0.25, 0.3) is 0 Å². The lowest BCUT2D eigenvalue weighted by atomic mass is 10.0. The van der Waals surface area contributed by atoms with Crippen molar-refractivity contribution in [2.24, 2.45) is 0 Å². The van der Waals surface area contributed by atoms with Crippen molar-refractivity contribution in [1.82, 2.24) is 5.32 Å². The number of carbonyl (C=O) groups is 3. The number of ether oxygens (including phenoxy) is 1. The molecule has 0 saturated carbocycles. The van der Waals surface area contributed by atoms with Crippen molar-refractivity contribution in [2.45, 2.75) is 25.5 Å². The Balaban J connectivity index is 1.57. The lowest BCUT2D eigenvalue weighted by Gasteiger charge is -2.16. The Hall–Kier alpha value is -3.00. The van der Waals surface area contributed by atoms with Crippen molar-refractivity contribution >= 4 is 27.5 Å². The third-order valence-corrected chi connectivity index (χ3v) is 6.42. The van der Waals surface area contributed by atoms with Crippen molar-refractivity contribution in [3.8, 4) is 0 Å². The first-order valence-corrected chi connectivity index (χ1v) is 11.0. The lowest BCUT2D eigenvalue weighted by Crippen LogP contribution is -2.42. The summed E-state index contributed by atoms with van der Waals surface area (Å²) in [4.78, 5) is 36.8. The summed E-state index contributed by atoms with van der Waals surface area (Å²) in [5, 5.41) is 2.59. The Kier molecular flexibility index (Phi) is 6.12. The minimum absolute atomic E-state index is 0.0418. The molecule has 1 heterocycles. The fraction of sp³-hybridized carbons (Fsp3) is 0.286. The normalized spacial score (nSPS) is 18.6. The summed E-state index contributed by atoms with van der Waals surface area (Å²) >= 11 is 0. The van der Waals surface area contributed by atoms with E-state index in [4.69, 9.17) is 4.74 Å². The maximum atomic E-state index is 12.4. The van der Waals surface area contributed by atoms with Crippen LogP contribution in [0, 0.1) is 0 Å². The van der Waals surface area contributed by atoms with Crippen molar-refractivity contribution in [3.63, 3.8) is 0 Å². The molecule has 0 spiro atoms. The van der Waals surface area contributed by atoms with Gasteiger partial charge in [0.15, 0.2) is 21.7 Å². The third-order valence-electron chi connectivity index (χ3n) is 4.65. The number of hydrogen-bond acceptors (Lipinski definition) is 6. The number of nitrogens with one attached hydrogen (secondary N) is 1. The standard InChI is InChI=1S/C21H21NO6S/c1-14(20(24)22-18-11-12-29(26,27)13-18)28-21(25)17-9-7-16(8-10-17)19(23)15-5-3-2-4-6-15/h2-10,14,18H,11-13H2,1H3,(H,22,24)/t14-,18+/m1/s1. The van der Waals surface area contributed by atoms with Crippen LogP contribution in [-0.2, 0) is 19.4 Å². The molecule has 29 heavy (non-hydrogen) atoms. The van der Waals surface area contributed by atoms with Gasteiger partial charge in [0.1, 0.15) is 0 Å². The third kappa shape index (κ3) is 5.29. The monoisotopic (exact) mass is 415 g/mol. The maximum Gasteiger partial charge on any atom is 0.338 e. The molecule has 2 aromatic carbocycles. The van der Waals surface area contributed by atoms with E-state index in [1.54, 1.807) is 24.3 Å². The zero-order chi connectivity index (χ0) is 21.0. The average Bonchev–Trinajstić information content (AvgIpc) is 3.06. The van der Waals surface area contributed by atoms with E-state index in [0.29, 0.717) is 17.5 Å². The minimum Gasteiger partial charge on any atom is -0.449 e. The molecule has 2 atom stereocenters. The molecule has 1 aliphatic rings. The van der Waals surface area contributed by atoms with Crippen LogP contribution in [0.3, 0.4) is 0 Å². The topological polar surface area (TPSA) is 107 Å². The number of rotatable bonds is 6. The molecular weight excluding hydrogens is 394 g/mol. The van der Waals surface area contributed by atoms with Gasteiger partial charge in [-0.15, -0.1) is 0 Å². The van der Waals surface area contributed by atoms with Gasteiger partial charge in [-0.2, -0.15) is 0 Å². The summed E-state index contributed by atoms with van der Waals surface area (Å²) in [6.07, 6.45) is -0.720. The van der Waals surface area contributed by atoms with E-state index in [-0.39, 0.29) is 22.9 Å². The second-order valence-corrected chi connectivity index (χ2v) is 9.16. The van der Waals surface area contributed by atoms with Gasteiger partial charge in [0.05, 0.1) is 17.1 Å². The van der Waals surface area contributed by atoms with Crippen LogP contribution in [-0.4, -0.2) is 49.7 Å². The summed E-state index contributed by atoms with van der Waals surface area (Å²) in [7, 11) is -3.11. The molecule has 7 nitrogen and oxygen atoms in total. The first kappa shape index (κ1) is 20.7. The number of carbonyl (C=O) groups excluding carboxylic acids is 3. The first-order chi connectivity index (χ1) is 13.7. The Labute approximate surface area is 169 Å². The zero-order valence-corrected chi connectivity index (χ0v) is 16.6. The van der Waals surface area contributed by atoms with Crippen LogP contribution in [0.15, 0.2) is 54.6 Å². The number of esters is 1. The summed E-state index contributed by atoms with van der Waals surface area (Å²) in [6.45, 7) is 1.42. The van der Waals surface area contributed by atoms with E-state index in [9.17, 15) is 22.8 Å². The lowest BCUT2D eigenvalue weighted by molar-refractivity contribution is -0.129. The molecule has 1 saturated heterocycles. The van der Waals surface area contributed by atoms with Gasteiger partial charge in [-0.25, -0.2) is 13.2 Å². The largest absolute Gasteiger partial charge is 0.449 e. The number of benzene rings is 2. The smallest absolute Gasteiger partial charge is 0.338 e. The molecule has 8 heteroatoms. The van der Waals surface area contributed by atoms with Crippen LogP contribution >= 0.6 is 0 Å². The van der Waals surface area contributed by atoms with Gasteiger partial charge in [-0.1, -0.05) is 42.5 Å². The van der Waals surface area contributed by atoms with Gasteiger partial charge >= 0.3 is 5.97 Å². The predicted molar refractivity (Wildman–Crippen MR) is 106 cm³/mol. The van der Waals surface area contributed by atoms with Crippen molar-refractivity contribution in [2.75, 3.05) is 11.5 Å². The number of amides is 1. The molecule has 0 aromatic heterocycles. The molecule has 1 aliphatic heterocycles. The van der Waals surface area contributed by atoms with E-state index in [2.05, 4.69) is 5.32 Å². The predicted octanol–water partition coefficient (Wildman–Crippen LogP) is 1.77. The molecule has 0 unspecified atom stereocenters. The SMILES string of the molecule is C[C@@H](OC(=O)c1ccc(C(=O)c2ccccc2)cc1)C(=O)N[C@H]1CCS(=O)(=O)C1. The van der Waals surface area contributed by atoms with Gasteiger partial charge in [-0.3, -0.25) is 9.59 Å². The maximum absolute atomic E-state index is 12.4. The summed E-state index contributed by atoms with van der Waals surface area (Å²) in [6, 6.07) is 14.3. The van der Waals surface area contributed by atoms with Crippen LogP contribution in [0.2, 0.25) is 0 Å². The highest BCUT2D eigenvalue weighted by Crippen LogP contribution is 2.14. The fourth-order valence-corrected chi connectivity index (χ4v) is 4.70. The van der Waals surface area contributed by atoms with Gasteiger partial charge in [0.2, 0.25) is 0 Å². The number of ketones is 1. The van der Waals surface area contributed by atoms with Crippen molar-refractivity contribution in [1.29, 1.82) is 0 Å². The second-order valence-electron chi connectivity index (χ2n) is 6.93. The molecule has 3 rings (SSSR count). The second kappa shape index (κ2) is 8.57. The van der Waals surface area contributed by atoms with Crippen molar-refractivity contribution < 1.29 is 27.5 Å². The van der Waals surface area contributed by atoms with E-state index in [1.807, 2.05) is 6.07 Å².